The lowest BCUT2D eigenvalue weighted by Gasteiger charge is -2.25. The van der Waals surface area contributed by atoms with Crippen LogP contribution in [0.3, 0.4) is 0 Å². The van der Waals surface area contributed by atoms with Gasteiger partial charge in [0.15, 0.2) is 0 Å². The lowest BCUT2D eigenvalue weighted by Crippen LogP contribution is -2.29. The molecule has 0 aromatic heterocycles. The maximum Gasteiger partial charge on any atom is 0.231 e. The molecule has 0 fully saturated rings. The maximum atomic E-state index is 11.7. The average Bonchev–Trinajstić information content (AvgIpc) is 2.70. The third kappa shape index (κ3) is 2.73. The quantitative estimate of drug-likeness (QED) is 0.876. The number of carbonyl (C=O) groups is 1. The normalized spacial score (nSPS) is 15.6. The first-order valence-corrected chi connectivity index (χ1v) is 6.87. The second kappa shape index (κ2) is 5.61. The smallest absolute Gasteiger partial charge is 0.231 e. The average molecular weight is 261 g/mol. The maximum absolute atomic E-state index is 11.7. The zero-order valence-electron chi connectivity index (χ0n) is 12.0. The fourth-order valence-corrected chi connectivity index (χ4v) is 2.56. The monoisotopic (exact) mass is 261 g/mol. The minimum absolute atomic E-state index is 0.170. The van der Waals surface area contributed by atoms with Gasteiger partial charge in [-0.05, 0) is 36.2 Å². The van der Waals surface area contributed by atoms with E-state index in [9.17, 15) is 4.79 Å². The highest BCUT2D eigenvalue weighted by atomic mass is 16.2. The number of hydrogen-bond acceptors (Lipinski definition) is 3. The third-order valence-corrected chi connectivity index (χ3v) is 4.02. The van der Waals surface area contributed by atoms with Gasteiger partial charge in [-0.3, -0.25) is 4.79 Å². The van der Waals surface area contributed by atoms with Crippen molar-refractivity contribution in [1.82, 2.24) is 0 Å². The Morgan fingerprint density at radius 3 is 2.84 bits per heavy atom. The highest BCUT2D eigenvalue weighted by molar-refractivity contribution is 6.01. The van der Waals surface area contributed by atoms with E-state index in [0.717, 1.165) is 29.9 Å². The first-order valence-electron chi connectivity index (χ1n) is 6.87. The van der Waals surface area contributed by atoms with Crippen molar-refractivity contribution in [1.29, 1.82) is 0 Å². The van der Waals surface area contributed by atoms with Crippen molar-refractivity contribution in [3.05, 3.63) is 23.8 Å². The van der Waals surface area contributed by atoms with Crippen LogP contribution in [-0.2, 0) is 11.2 Å². The molecule has 104 valence electrons. The summed E-state index contributed by atoms with van der Waals surface area (Å²) < 4.78 is 0. The van der Waals surface area contributed by atoms with Gasteiger partial charge in [-0.2, -0.15) is 0 Å². The molecule has 2 rings (SSSR count). The molecule has 0 saturated heterocycles. The van der Waals surface area contributed by atoms with E-state index in [2.05, 4.69) is 31.0 Å². The zero-order valence-corrected chi connectivity index (χ0v) is 12.0. The first kappa shape index (κ1) is 13.9. The molecule has 1 aromatic carbocycles. The Morgan fingerprint density at radius 2 is 2.21 bits per heavy atom. The van der Waals surface area contributed by atoms with Crippen LogP contribution in [-0.4, -0.2) is 33.1 Å². The van der Waals surface area contributed by atoms with E-state index >= 15 is 0 Å². The molecule has 1 aliphatic rings. The summed E-state index contributed by atoms with van der Waals surface area (Å²) in [6.07, 6.45) is 1.61. The molecule has 1 unspecified atom stereocenters. The molecule has 1 atom stereocenters. The molecule has 1 aliphatic heterocycles. The summed E-state index contributed by atoms with van der Waals surface area (Å²) in [4.78, 5) is 15.6. The topological polar surface area (TPSA) is 49.6 Å². The van der Waals surface area contributed by atoms with E-state index in [1.165, 1.54) is 0 Å². The van der Waals surface area contributed by atoms with Crippen molar-refractivity contribution in [3.63, 3.8) is 0 Å². The number of likely N-dealkylation sites (N-methyl/N-ethyl adjacent to an activating group) is 1. The van der Waals surface area contributed by atoms with Gasteiger partial charge in [-0.15, -0.1) is 0 Å². The number of nitrogens with two attached hydrogens (primary N) is 1. The van der Waals surface area contributed by atoms with Crippen molar-refractivity contribution in [2.45, 2.75) is 19.8 Å². The van der Waals surface area contributed by atoms with Crippen LogP contribution in [0.1, 0.15) is 18.9 Å². The van der Waals surface area contributed by atoms with Crippen molar-refractivity contribution < 1.29 is 4.79 Å². The molecule has 0 aliphatic carbocycles. The van der Waals surface area contributed by atoms with Gasteiger partial charge in [0, 0.05) is 32.0 Å². The number of rotatable bonds is 5. The Bertz CT molecular complexity index is 468. The van der Waals surface area contributed by atoms with Crippen molar-refractivity contribution in [3.8, 4) is 0 Å². The molecule has 4 nitrogen and oxygen atoms in total. The van der Waals surface area contributed by atoms with Gasteiger partial charge in [0.2, 0.25) is 5.91 Å². The summed E-state index contributed by atoms with van der Waals surface area (Å²) in [7, 11) is 3.92. The SMILES string of the molecule is CCC(CN)CN(C)c1ccc2c(c1)CC(=O)N2C. The number of anilines is 2. The molecule has 4 heteroatoms. The van der Waals surface area contributed by atoms with E-state index in [-0.39, 0.29) is 5.91 Å². The van der Waals surface area contributed by atoms with Gasteiger partial charge in [0.05, 0.1) is 6.42 Å². The lowest BCUT2D eigenvalue weighted by atomic mass is 10.1. The van der Waals surface area contributed by atoms with Crippen LogP contribution < -0.4 is 15.5 Å². The molecular formula is C15H23N3O. The summed E-state index contributed by atoms with van der Waals surface area (Å²) in [6, 6.07) is 6.24. The largest absolute Gasteiger partial charge is 0.374 e. The van der Waals surface area contributed by atoms with Crippen LogP contribution in [0.25, 0.3) is 0 Å². The molecular weight excluding hydrogens is 238 g/mol. The van der Waals surface area contributed by atoms with Gasteiger partial charge >= 0.3 is 0 Å². The molecule has 0 spiro atoms. The predicted octanol–water partition coefficient (Wildman–Crippen LogP) is 1.63. The van der Waals surface area contributed by atoms with E-state index in [4.69, 9.17) is 5.73 Å². The standard InChI is InChI=1S/C15H23N3O/c1-4-11(9-16)10-17(2)13-5-6-14-12(7-13)8-15(19)18(14)3/h5-7,11H,4,8-10,16H2,1-3H3. The molecule has 2 N–H and O–H groups in total. The predicted molar refractivity (Wildman–Crippen MR) is 79.7 cm³/mol. The number of fused-ring (bicyclic) bond motifs is 1. The van der Waals surface area contributed by atoms with Gasteiger partial charge in [0.1, 0.15) is 0 Å². The number of carbonyl (C=O) groups excluding carboxylic acids is 1. The second-order valence-electron chi connectivity index (χ2n) is 5.33. The third-order valence-electron chi connectivity index (χ3n) is 4.02. The highest BCUT2D eigenvalue weighted by Gasteiger charge is 2.24. The summed E-state index contributed by atoms with van der Waals surface area (Å²) in [5.41, 5.74) is 9.08. The molecule has 19 heavy (non-hydrogen) atoms. The number of nitrogens with zero attached hydrogens (tertiary/aromatic N) is 2. The lowest BCUT2D eigenvalue weighted by molar-refractivity contribution is -0.117. The van der Waals surface area contributed by atoms with E-state index in [1.54, 1.807) is 4.90 Å². The highest BCUT2D eigenvalue weighted by Crippen LogP contribution is 2.31. The first-order chi connectivity index (χ1) is 9.06. The van der Waals surface area contributed by atoms with Gasteiger partial charge in [-0.1, -0.05) is 13.3 Å². The zero-order chi connectivity index (χ0) is 14.0. The summed E-state index contributed by atoms with van der Waals surface area (Å²) in [6.45, 7) is 3.84. The molecule has 0 bridgehead atoms. The summed E-state index contributed by atoms with van der Waals surface area (Å²) in [5, 5.41) is 0. The molecule has 0 saturated carbocycles. The number of hydrogen-bond donors (Lipinski definition) is 1. The summed E-state index contributed by atoms with van der Waals surface area (Å²) in [5.74, 6) is 0.686. The number of amides is 1. The summed E-state index contributed by atoms with van der Waals surface area (Å²) >= 11 is 0. The van der Waals surface area contributed by atoms with E-state index in [0.29, 0.717) is 18.9 Å². The van der Waals surface area contributed by atoms with Gasteiger partial charge in [-0.25, -0.2) is 0 Å². The molecule has 0 radical (unpaired) electrons. The Morgan fingerprint density at radius 1 is 1.47 bits per heavy atom. The van der Waals surface area contributed by atoms with Gasteiger partial charge in [0.25, 0.3) is 0 Å². The second-order valence-corrected chi connectivity index (χ2v) is 5.33. The molecule has 1 amide bonds. The van der Waals surface area contributed by atoms with Crippen LogP contribution in [0.15, 0.2) is 18.2 Å². The Balaban J connectivity index is 2.15. The Kier molecular flexibility index (Phi) is 4.10. The van der Waals surface area contributed by atoms with Crippen molar-refractivity contribution >= 4 is 17.3 Å². The fourth-order valence-electron chi connectivity index (χ4n) is 2.56. The van der Waals surface area contributed by atoms with Crippen LogP contribution in [0.2, 0.25) is 0 Å². The van der Waals surface area contributed by atoms with E-state index in [1.807, 2.05) is 13.1 Å². The Hall–Kier alpha value is -1.55. The fraction of sp³-hybridized carbons (Fsp3) is 0.533. The molecule has 1 heterocycles. The van der Waals surface area contributed by atoms with Crippen LogP contribution in [0.4, 0.5) is 11.4 Å². The number of benzene rings is 1. The Labute approximate surface area is 115 Å². The van der Waals surface area contributed by atoms with Crippen LogP contribution >= 0.6 is 0 Å². The van der Waals surface area contributed by atoms with E-state index < -0.39 is 0 Å². The van der Waals surface area contributed by atoms with Crippen molar-refractivity contribution in [2.24, 2.45) is 11.7 Å². The van der Waals surface area contributed by atoms with Gasteiger partial charge < -0.3 is 15.5 Å². The minimum atomic E-state index is 0.170. The molecule has 1 aromatic rings. The van der Waals surface area contributed by atoms with Crippen LogP contribution in [0, 0.1) is 5.92 Å². The van der Waals surface area contributed by atoms with Crippen LogP contribution in [0.5, 0.6) is 0 Å². The van der Waals surface area contributed by atoms with Crippen molar-refractivity contribution in [2.75, 3.05) is 37.0 Å². The minimum Gasteiger partial charge on any atom is -0.374 e.